The maximum atomic E-state index is 14.3. The number of aromatic nitrogens is 2. The van der Waals surface area contributed by atoms with E-state index >= 15 is 0 Å². The molecule has 334 valence electrons. The van der Waals surface area contributed by atoms with Gasteiger partial charge in [0.05, 0.1) is 53.5 Å². The molecule has 1 amide bonds. The second kappa shape index (κ2) is 16.0. The second-order valence-corrected chi connectivity index (χ2v) is 20.2. The molecular weight excluding hydrogens is 837 g/mol. The fourth-order valence-corrected chi connectivity index (χ4v) is 11.8. The first-order chi connectivity index (χ1) is 31.0. The maximum absolute atomic E-state index is 14.3. The normalized spacial score (nSPS) is 23.3. The number of amides is 1. The predicted octanol–water partition coefficient (Wildman–Crippen LogP) is 7.02. The number of likely N-dealkylation sites (tertiary alicyclic amines) is 1. The molecule has 0 radical (unpaired) electrons. The number of nitro groups is 1. The molecule has 6 heterocycles. The number of hydrogen-bond acceptors (Lipinski definition) is 13. The van der Waals surface area contributed by atoms with Crippen LogP contribution in [-0.4, -0.2) is 105 Å². The van der Waals surface area contributed by atoms with Crippen LogP contribution < -0.4 is 24.6 Å². The smallest absolute Gasteiger partial charge is 0.293 e. The SMILES string of the molecule is C[C@@H]1CN(c2cc(N3CC4(CC(N5CCCC5c5ccccc5C5CC5)C4)C3)ccc2C(=O)NS(=O)(=O)c2ccc(NC[C@H]3COCCO3)c([N+](=O)[O-])c2)c2cc3cc[nH]c3nc2O1. The topological polar surface area (TPSA) is 185 Å². The Bertz CT molecular complexity index is 2740. The van der Waals surface area contributed by atoms with E-state index < -0.39 is 31.4 Å². The zero-order chi connectivity index (χ0) is 43.7. The summed E-state index contributed by atoms with van der Waals surface area (Å²) >= 11 is 0. The summed E-state index contributed by atoms with van der Waals surface area (Å²) in [5, 5.41) is 16.0. The van der Waals surface area contributed by atoms with Gasteiger partial charge in [0.25, 0.3) is 21.6 Å². The van der Waals surface area contributed by atoms with Gasteiger partial charge in [-0.3, -0.25) is 19.8 Å². The number of sulfonamides is 1. The second-order valence-electron chi connectivity index (χ2n) is 18.5. The molecule has 4 aliphatic heterocycles. The van der Waals surface area contributed by atoms with Crippen LogP contribution in [0.25, 0.3) is 11.0 Å². The summed E-state index contributed by atoms with van der Waals surface area (Å²) in [6, 6.07) is 23.1. The monoisotopic (exact) mass is 888 g/mol. The summed E-state index contributed by atoms with van der Waals surface area (Å²) in [5.74, 6) is 0.249. The van der Waals surface area contributed by atoms with E-state index in [0.717, 1.165) is 55.5 Å². The molecule has 1 spiro atoms. The van der Waals surface area contributed by atoms with Gasteiger partial charge in [-0.25, -0.2) is 13.1 Å². The van der Waals surface area contributed by atoms with Crippen LogP contribution in [0.4, 0.5) is 28.4 Å². The number of rotatable bonds is 12. The van der Waals surface area contributed by atoms with Crippen LogP contribution in [0, 0.1) is 15.5 Å². The number of fused-ring (bicyclic) bond motifs is 2. The third-order valence-electron chi connectivity index (χ3n) is 14.0. The van der Waals surface area contributed by atoms with Crippen molar-refractivity contribution in [3.63, 3.8) is 0 Å². The van der Waals surface area contributed by atoms with Crippen molar-refractivity contribution < 1.29 is 32.3 Å². The van der Waals surface area contributed by atoms with Crippen molar-refractivity contribution in [1.29, 1.82) is 0 Å². The van der Waals surface area contributed by atoms with Gasteiger partial charge in [-0.1, -0.05) is 24.3 Å². The standard InChI is InChI=1S/C47H52N8O8S/c1-29-25-54(43-19-31-14-15-48-44(31)50-46(43)63-29)41-20-32(52-27-47(28-52)22-33(23-47)53-16-4-7-40(53)37-6-3-2-5-36(37)30-8-9-30)10-12-38(41)45(56)51-64(59,60)35-11-13-39(42(21-35)55(57)58)49-24-34-26-61-17-18-62-34/h2-3,5-6,10-15,19-21,29-30,33-34,40,49H,4,7-9,16-18,22-28H2,1H3,(H,48,50)(H,51,56)/t29-,34+,40?/m1/s1. The van der Waals surface area contributed by atoms with Gasteiger partial charge in [-0.05, 0) is 112 Å². The fraction of sp³-hybridized carbons (Fsp3) is 0.447. The van der Waals surface area contributed by atoms with Crippen molar-refractivity contribution in [1.82, 2.24) is 19.6 Å². The molecular formula is C47H52N8O8S. The number of H-pyrrole nitrogens is 1. The zero-order valence-corrected chi connectivity index (χ0v) is 36.5. The number of ether oxygens (including phenoxy) is 3. The summed E-state index contributed by atoms with van der Waals surface area (Å²) in [5.41, 5.74) is 5.85. The Hall–Kier alpha value is -5.75. The van der Waals surface area contributed by atoms with E-state index in [0.29, 0.717) is 61.4 Å². The molecule has 2 aliphatic carbocycles. The summed E-state index contributed by atoms with van der Waals surface area (Å²) in [6.07, 6.45) is 8.53. The van der Waals surface area contributed by atoms with Crippen molar-refractivity contribution in [2.45, 2.75) is 80.6 Å². The molecule has 1 unspecified atom stereocenters. The van der Waals surface area contributed by atoms with Gasteiger partial charge in [-0.15, -0.1) is 0 Å². The van der Waals surface area contributed by atoms with Crippen LogP contribution in [0.3, 0.4) is 0 Å². The van der Waals surface area contributed by atoms with E-state index in [2.05, 4.69) is 49.1 Å². The van der Waals surface area contributed by atoms with Gasteiger partial charge >= 0.3 is 0 Å². The van der Waals surface area contributed by atoms with Crippen LogP contribution in [0.15, 0.2) is 83.9 Å². The molecule has 5 fully saturated rings. The van der Waals surface area contributed by atoms with Gasteiger partial charge in [0.15, 0.2) is 0 Å². The van der Waals surface area contributed by atoms with Crippen LogP contribution in [0.5, 0.6) is 5.88 Å². The minimum atomic E-state index is -4.58. The van der Waals surface area contributed by atoms with E-state index in [1.165, 1.54) is 37.8 Å². The van der Waals surface area contributed by atoms with Crippen molar-refractivity contribution in [2.24, 2.45) is 5.41 Å². The quantitative estimate of drug-likeness (QED) is 0.0859. The lowest BCUT2D eigenvalue weighted by Gasteiger charge is -2.62. The number of pyridine rings is 1. The maximum Gasteiger partial charge on any atom is 0.293 e. The lowest BCUT2D eigenvalue weighted by Crippen LogP contribution is -2.66. The van der Waals surface area contributed by atoms with Gasteiger partial charge in [0, 0.05) is 60.5 Å². The number of aromatic amines is 1. The van der Waals surface area contributed by atoms with Gasteiger partial charge in [0.2, 0.25) is 5.88 Å². The van der Waals surface area contributed by atoms with Gasteiger partial charge in [0.1, 0.15) is 23.1 Å². The third-order valence-corrected chi connectivity index (χ3v) is 15.4. The summed E-state index contributed by atoms with van der Waals surface area (Å²) < 4.78 is 47.3. The molecule has 3 aromatic carbocycles. The van der Waals surface area contributed by atoms with Crippen LogP contribution in [0.2, 0.25) is 0 Å². The van der Waals surface area contributed by atoms with Gasteiger partial charge < -0.3 is 34.3 Å². The molecule has 2 aromatic heterocycles. The van der Waals surface area contributed by atoms with E-state index in [4.69, 9.17) is 19.2 Å². The average molecular weight is 889 g/mol. The molecule has 11 rings (SSSR count). The zero-order valence-electron chi connectivity index (χ0n) is 35.7. The predicted molar refractivity (Wildman–Crippen MR) is 241 cm³/mol. The van der Waals surface area contributed by atoms with E-state index in [9.17, 15) is 23.3 Å². The van der Waals surface area contributed by atoms with Crippen LogP contribution >= 0.6 is 0 Å². The number of hydrogen-bond donors (Lipinski definition) is 3. The summed E-state index contributed by atoms with van der Waals surface area (Å²) in [6.45, 7) is 6.67. The van der Waals surface area contributed by atoms with Crippen LogP contribution in [-0.2, 0) is 19.5 Å². The number of carbonyl (C=O) groups excluding carboxylic acids is 1. The number of nitrogens with one attached hydrogen (secondary N) is 3. The molecule has 3 N–H and O–H groups in total. The van der Waals surface area contributed by atoms with Gasteiger partial charge in [-0.2, -0.15) is 4.98 Å². The number of anilines is 4. The minimum absolute atomic E-state index is 0.118. The highest BCUT2D eigenvalue weighted by Crippen LogP contribution is 2.55. The Morgan fingerprint density at radius 1 is 1.00 bits per heavy atom. The molecule has 3 saturated heterocycles. The number of nitro benzene ring substituents is 1. The lowest BCUT2D eigenvalue weighted by molar-refractivity contribution is -0.384. The molecule has 64 heavy (non-hydrogen) atoms. The Kier molecular flexibility index (Phi) is 10.3. The number of benzene rings is 3. The number of carbonyl (C=O) groups is 1. The Balaban J connectivity index is 0.849. The highest BCUT2D eigenvalue weighted by molar-refractivity contribution is 7.90. The Labute approximate surface area is 371 Å². The van der Waals surface area contributed by atoms with E-state index in [1.807, 2.05) is 36.1 Å². The minimum Gasteiger partial charge on any atom is -0.471 e. The highest BCUT2D eigenvalue weighted by atomic mass is 32.2. The van der Waals surface area contributed by atoms with Crippen molar-refractivity contribution in [3.05, 3.63) is 106 Å². The largest absolute Gasteiger partial charge is 0.471 e. The lowest BCUT2D eigenvalue weighted by atomic mass is 9.60. The molecule has 5 aromatic rings. The average Bonchev–Trinajstić information content (AvgIpc) is 3.82. The summed E-state index contributed by atoms with van der Waals surface area (Å²) in [4.78, 5) is 40.4. The third kappa shape index (κ3) is 7.61. The van der Waals surface area contributed by atoms with Crippen molar-refractivity contribution >= 4 is 55.4 Å². The Morgan fingerprint density at radius 2 is 1.83 bits per heavy atom. The van der Waals surface area contributed by atoms with Crippen molar-refractivity contribution in [2.75, 3.05) is 67.7 Å². The Morgan fingerprint density at radius 3 is 2.61 bits per heavy atom. The van der Waals surface area contributed by atoms with Crippen LogP contribution in [0.1, 0.15) is 78.9 Å². The van der Waals surface area contributed by atoms with E-state index in [-0.39, 0.29) is 35.4 Å². The molecule has 2 saturated carbocycles. The molecule has 17 heteroatoms. The van der Waals surface area contributed by atoms with Crippen molar-refractivity contribution in [3.8, 4) is 5.88 Å². The molecule has 16 nitrogen and oxygen atoms in total. The first-order valence-corrected chi connectivity index (χ1v) is 23.9. The first kappa shape index (κ1) is 41.0. The summed E-state index contributed by atoms with van der Waals surface area (Å²) in [7, 11) is -4.58. The molecule has 3 atom stereocenters. The first-order valence-electron chi connectivity index (χ1n) is 22.5. The highest BCUT2D eigenvalue weighted by Gasteiger charge is 2.55. The molecule has 0 bridgehead atoms. The number of nitrogens with zero attached hydrogens (tertiary/aromatic N) is 5. The van der Waals surface area contributed by atoms with E-state index in [1.54, 1.807) is 23.4 Å². The molecule has 6 aliphatic rings. The fourth-order valence-electron chi connectivity index (χ4n) is 10.8.